The van der Waals surface area contributed by atoms with Crippen LogP contribution in [0.4, 0.5) is 0 Å². The minimum atomic E-state index is -3.37. The van der Waals surface area contributed by atoms with E-state index in [1.54, 1.807) is 0 Å². The van der Waals surface area contributed by atoms with Gasteiger partial charge in [-0.2, -0.15) is 0 Å². The maximum Gasteiger partial charge on any atom is 0.250 e. The summed E-state index contributed by atoms with van der Waals surface area (Å²) >= 11 is 0. The van der Waals surface area contributed by atoms with E-state index in [9.17, 15) is 0 Å². The minimum absolute atomic E-state index is 0. The summed E-state index contributed by atoms with van der Waals surface area (Å²) in [4.78, 5) is 42.4. The van der Waals surface area contributed by atoms with Crippen LogP contribution in [0.25, 0.3) is 0 Å². The van der Waals surface area contributed by atoms with Gasteiger partial charge in [0.25, 0.3) is 0 Å². The molecule has 0 N–H and O–H groups in total. The summed E-state index contributed by atoms with van der Waals surface area (Å²) in [5.41, 5.74) is 0. The summed E-state index contributed by atoms with van der Waals surface area (Å²) < 4.78 is 84.8. The largest absolute Gasteiger partial charge is 0.744 e. The molecule has 0 aromatic rings. The molecule has 0 rings (SSSR count). The topological polar surface area (TPSA) is 286 Å². The summed E-state index contributed by atoms with van der Waals surface area (Å²) in [6, 6.07) is 0. The molecule has 1 radical (unpaired) electrons. The van der Waals surface area contributed by atoms with Gasteiger partial charge in [-0.05, 0) is 0 Å². The molecule has 0 unspecified atom stereocenters. The second kappa shape index (κ2) is 32.0. The Morgan fingerprint density at radius 2 is 0.333 bits per heavy atom. The second-order valence-electron chi connectivity index (χ2n) is 1.12. The average molecular weight is 446 g/mol. The maximum atomic E-state index is 8.48. The molecule has 0 fully saturated rings. The van der Waals surface area contributed by atoms with Crippen LogP contribution in [-0.2, 0) is 64.2 Å². The molecule has 0 aliphatic carbocycles. The first-order chi connectivity index (χ1) is 8.66. The van der Waals surface area contributed by atoms with Gasteiger partial charge in [0.05, 0.1) is 0 Å². The van der Waals surface area contributed by atoms with Crippen LogP contribution in [-0.4, -0.2) is 0 Å². The van der Waals surface area contributed by atoms with E-state index in [0.717, 1.165) is 0 Å². The molecular formula is O15P5V-5. The van der Waals surface area contributed by atoms with Crippen molar-refractivity contribution in [2.24, 2.45) is 0 Å². The fraction of sp³-hybridized carbons (Fsp3) is 0. The van der Waals surface area contributed by atoms with Gasteiger partial charge in [0.1, 0.15) is 0 Å². The summed E-state index contributed by atoms with van der Waals surface area (Å²) in [7, 11) is -16.9. The van der Waals surface area contributed by atoms with E-state index in [1.165, 1.54) is 0 Å². The zero-order valence-electron chi connectivity index (χ0n) is 8.81. The van der Waals surface area contributed by atoms with Gasteiger partial charge < -0.3 is 24.5 Å². The van der Waals surface area contributed by atoms with Crippen LogP contribution in [0.3, 0.4) is 0 Å². The van der Waals surface area contributed by atoms with Crippen LogP contribution in [0, 0.1) is 0 Å². The van der Waals surface area contributed by atoms with E-state index < -0.39 is 39.5 Å². The Hall–Kier alpha value is -0.116. The molecular weight excluding hydrogens is 446 g/mol. The molecule has 21 heteroatoms. The third-order valence-corrected chi connectivity index (χ3v) is 0. The first kappa shape index (κ1) is 37.3. The molecule has 0 bridgehead atoms. The van der Waals surface area contributed by atoms with Crippen LogP contribution in [0.5, 0.6) is 0 Å². The van der Waals surface area contributed by atoms with E-state index in [0.29, 0.717) is 0 Å². The van der Waals surface area contributed by atoms with Gasteiger partial charge in [0.15, 0.2) is 0 Å². The molecule has 0 aromatic carbocycles. The van der Waals surface area contributed by atoms with Gasteiger partial charge in [-0.15, -0.1) is 0 Å². The fourth-order valence-electron chi connectivity index (χ4n) is 0. The van der Waals surface area contributed by atoms with Crippen molar-refractivity contribution in [2.45, 2.75) is 0 Å². The van der Waals surface area contributed by atoms with Crippen molar-refractivity contribution in [1.82, 2.24) is 0 Å². The fourth-order valence-corrected chi connectivity index (χ4v) is 0. The Labute approximate surface area is 128 Å². The predicted molar refractivity (Wildman–Crippen MR) is 41.5 cm³/mol. The van der Waals surface area contributed by atoms with Crippen molar-refractivity contribution < 1.29 is 88.7 Å². The van der Waals surface area contributed by atoms with E-state index in [1.807, 2.05) is 0 Å². The first-order valence-corrected chi connectivity index (χ1v) is 8.22. The SMILES string of the molecule is O=P(=O)[O-].O=P(=O)[O-].O=P(=O)[O-].O=P(=O)[O-].O=P(=O)[O-].[V]. The first-order valence-electron chi connectivity index (χ1n) is 2.74. The molecule has 0 amide bonds. The number of hydrogen-bond acceptors (Lipinski definition) is 15. The summed E-state index contributed by atoms with van der Waals surface area (Å²) in [5, 5.41) is 0. The molecule has 0 aliphatic heterocycles. The zero-order valence-corrected chi connectivity index (χ0v) is 14.7. The van der Waals surface area contributed by atoms with Crippen LogP contribution in [0.2, 0.25) is 0 Å². The Kier molecular flexibility index (Phi) is 56.8. The van der Waals surface area contributed by atoms with Crippen molar-refractivity contribution in [3.8, 4) is 0 Å². The van der Waals surface area contributed by atoms with Gasteiger partial charge >= 0.3 is 0 Å². The van der Waals surface area contributed by atoms with E-state index >= 15 is 0 Å². The smallest absolute Gasteiger partial charge is 0.250 e. The molecule has 0 saturated heterocycles. The molecule has 0 spiro atoms. The maximum absolute atomic E-state index is 8.48. The third kappa shape index (κ3) is 476000. The molecule has 0 aliphatic rings. The van der Waals surface area contributed by atoms with Gasteiger partial charge in [0, 0.05) is 18.6 Å². The van der Waals surface area contributed by atoms with Gasteiger partial charge in [0.2, 0.25) is 39.5 Å². The normalized spacial score (nSPS) is 5.95. The zero-order chi connectivity index (χ0) is 17.9. The quantitative estimate of drug-likeness (QED) is 0.339. The molecule has 0 heterocycles. The summed E-state index contributed by atoms with van der Waals surface area (Å²) in [6.07, 6.45) is 0. The number of rotatable bonds is 0. The molecule has 21 heavy (non-hydrogen) atoms. The van der Waals surface area contributed by atoms with E-state index in [-0.39, 0.29) is 18.6 Å². The molecule has 0 atom stereocenters. The Morgan fingerprint density at radius 1 is 0.333 bits per heavy atom. The molecule has 0 saturated carbocycles. The Balaban J connectivity index is -0.0000000331. The predicted octanol–water partition coefficient (Wildman–Crippen LogP) is -2.83. The third-order valence-electron chi connectivity index (χ3n) is 0. The molecule has 125 valence electrons. The van der Waals surface area contributed by atoms with E-state index in [2.05, 4.69) is 0 Å². The molecule has 0 aromatic heterocycles. The van der Waals surface area contributed by atoms with Crippen LogP contribution >= 0.6 is 39.5 Å². The monoisotopic (exact) mass is 446 g/mol. The van der Waals surface area contributed by atoms with Crippen molar-refractivity contribution in [1.29, 1.82) is 0 Å². The second-order valence-corrected chi connectivity index (χ2v) is 3.35. The van der Waals surface area contributed by atoms with Gasteiger partial charge in [-0.1, -0.05) is 0 Å². The van der Waals surface area contributed by atoms with Crippen molar-refractivity contribution >= 4 is 39.5 Å². The Bertz CT molecular complexity index is 380. The van der Waals surface area contributed by atoms with Crippen LogP contribution in [0.1, 0.15) is 0 Å². The minimum Gasteiger partial charge on any atom is -0.744 e. The standard InChI is InChI=1S/5HO3P.V/c5*1-4(2)3;/h5*(H,1,2,3);/p-5. The van der Waals surface area contributed by atoms with Crippen molar-refractivity contribution in [3.63, 3.8) is 0 Å². The average Bonchev–Trinajstić information content (AvgIpc) is 1.94. The summed E-state index contributed by atoms with van der Waals surface area (Å²) in [6.45, 7) is 0. The summed E-state index contributed by atoms with van der Waals surface area (Å²) in [5.74, 6) is 0. The number of hydrogen-bond donors (Lipinski definition) is 0. The van der Waals surface area contributed by atoms with E-state index in [4.69, 9.17) is 70.1 Å². The van der Waals surface area contributed by atoms with Crippen molar-refractivity contribution in [3.05, 3.63) is 0 Å². The van der Waals surface area contributed by atoms with Crippen molar-refractivity contribution in [2.75, 3.05) is 0 Å². The van der Waals surface area contributed by atoms with Gasteiger partial charge in [-0.25, -0.2) is 0 Å². The van der Waals surface area contributed by atoms with Crippen LogP contribution < -0.4 is 24.5 Å². The van der Waals surface area contributed by atoms with Crippen LogP contribution in [0.15, 0.2) is 0 Å². The molecule has 15 nitrogen and oxygen atoms in total. The van der Waals surface area contributed by atoms with Gasteiger partial charge in [-0.3, -0.25) is 45.7 Å². The Morgan fingerprint density at radius 3 is 0.333 bits per heavy atom.